The number of rotatable bonds is 14. The summed E-state index contributed by atoms with van der Waals surface area (Å²) in [6.07, 6.45) is 5.87. The average molecular weight is 993 g/mol. The summed E-state index contributed by atoms with van der Waals surface area (Å²) >= 11 is 2.12. The lowest BCUT2D eigenvalue weighted by molar-refractivity contribution is -0.144. The fourth-order valence-corrected chi connectivity index (χ4v) is 16.3. The van der Waals surface area contributed by atoms with Gasteiger partial charge in [-0.05, 0) is 123 Å². The van der Waals surface area contributed by atoms with Crippen molar-refractivity contribution in [2.75, 3.05) is 26.8 Å². The second kappa shape index (κ2) is 19.8. The summed E-state index contributed by atoms with van der Waals surface area (Å²) in [5.41, 5.74) is 5.42. The van der Waals surface area contributed by atoms with Crippen molar-refractivity contribution in [3.63, 3.8) is 0 Å². The van der Waals surface area contributed by atoms with Gasteiger partial charge in [-0.25, -0.2) is 0 Å². The number of carbonyl (C=O) groups is 2. The number of nitrogens with zero attached hydrogens (tertiary/aromatic N) is 2. The number of allylic oxidation sites excluding steroid dienone is 1. The molecule has 8 rings (SSSR count). The van der Waals surface area contributed by atoms with Crippen molar-refractivity contribution >= 4 is 66.3 Å². The molecule has 4 aromatic rings. The summed E-state index contributed by atoms with van der Waals surface area (Å²) in [6, 6.07) is 35.3. The first-order chi connectivity index (χ1) is 30.8. The maximum atomic E-state index is 14.9. The number of piperidine rings is 1. The van der Waals surface area contributed by atoms with Crippen molar-refractivity contribution in [3.8, 4) is 11.5 Å². The van der Waals surface area contributed by atoms with Crippen molar-refractivity contribution in [1.82, 2.24) is 9.80 Å². The standard InChI is InChI=1S/C52H62BIN2O7Si/c1-6-35(28-37-29-44(54)49(57)46(30-37)61-5)22-23-45-47-38(34-62-64(52(2,3)4,40-18-12-8-13-19-40)41-20-14-9-15-21-41)31-42-48(43(47)32-53(60)63-45)51(59)56(50(42)58)39-24-26-55(27-25-39)33-36-16-10-7-11-17-36/h7-21,28-30,39,42-43,45,48,57,60H,6,22-27,31-34H2,1-5H3/b35-28+/t42-,43+,45-,48-/m1/s1. The molecular weight excluding hydrogens is 930 g/mol. The molecule has 2 amide bonds. The van der Waals surface area contributed by atoms with Crippen LogP contribution in [-0.4, -0.2) is 86.1 Å². The zero-order chi connectivity index (χ0) is 45.2. The number of aromatic hydroxyl groups is 1. The molecule has 64 heavy (non-hydrogen) atoms. The van der Waals surface area contributed by atoms with Crippen LogP contribution in [0, 0.1) is 21.3 Å². The Morgan fingerprint density at radius 1 is 0.922 bits per heavy atom. The molecule has 4 aromatic carbocycles. The molecule has 0 radical (unpaired) electrons. The van der Waals surface area contributed by atoms with E-state index in [4.69, 9.17) is 13.8 Å². The zero-order valence-electron chi connectivity index (χ0n) is 37.8. The van der Waals surface area contributed by atoms with Crippen LogP contribution in [0.2, 0.25) is 11.4 Å². The molecule has 0 unspecified atom stereocenters. The summed E-state index contributed by atoms with van der Waals surface area (Å²) in [5, 5.41) is 24.1. The number of halogens is 1. The topological polar surface area (TPSA) is 109 Å². The van der Waals surface area contributed by atoms with E-state index in [0.29, 0.717) is 35.2 Å². The Morgan fingerprint density at radius 3 is 2.14 bits per heavy atom. The monoisotopic (exact) mass is 992 g/mol. The lowest BCUT2D eigenvalue weighted by Crippen LogP contribution is -2.66. The Morgan fingerprint density at radius 2 is 1.55 bits per heavy atom. The number of carbonyl (C=O) groups excluding carboxylic acids is 2. The molecule has 3 saturated heterocycles. The molecule has 12 heteroatoms. The number of likely N-dealkylation sites (tertiary alicyclic amines) is 2. The lowest BCUT2D eigenvalue weighted by Gasteiger charge is -2.46. The van der Waals surface area contributed by atoms with Gasteiger partial charge in [-0.2, -0.15) is 0 Å². The Labute approximate surface area is 394 Å². The third-order valence-corrected chi connectivity index (χ3v) is 20.0. The van der Waals surface area contributed by atoms with E-state index in [0.717, 1.165) is 55.6 Å². The van der Waals surface area contributed by atoms with Gasteiger partial charge in [0.05, 0.1) is 35.2 Å². The number of methoxy groups -OCH3 is 1. The van der Waals surface area contributed by atoms with E-state index in [2.05, 4.69) is 134 Å². The summed E-state index contributed by atoms with van der Waals surface area (Å²) in [4.78, 5) is 33.8. The maximum absolute atomic E-state index is 14.9. The molecule has 2 N–H and O–H groups in total. The van der Waals surface area contributed by atoms with Crippen LogP contribution in [0.5, 0.6) is 11.5 Å². The van der Waals surface area contributed by atoms with Gasteiger partial charge in [0.25, 0.3) is 8.32 Å². The van der Waals surface area contributed by atoms with Gasteiger partial charge in [0, 0.05) is 25.7 Å². The highest BCUT2D eigenvalue weighted by Crippen LogP contribution is 2.52. The molecule has 0 bridgehead atoms. The molecule has 0 saturated carbocycles. The van der Waals surface area contributed by atoms with Gasteiger partial charge in [-0.15, -0.1) is 0 Å². The minimum absolute atomic E-state index is 0.0776. The largest absolute Gasteiger partial charge is 0.504 e. The van der Waals surface area contributed by atoms with Crippen molar-refractivity contribution in [3.05, 3.63) is 135 Å². The van der Waals surface area contributed by atoms with E-state index in [1.54, 1.807) is 12.0 Å². The number of amides is 2. The minimum Gasteiger partial charge on any atom is -0.504 e. The van der Waals surface area contributed by atoms with Gasteiger partial charge < -0.3 is 23.9 Å². The molecule has 0 spiro atoms. The first kappa shape index (κ1) is 46.5. The third-order valence-electron chi connectivity index (χ3n) is 14.2. The summed E-state index contributed by atoms with van der Waals surface area (Å²) in [7, 11) is -2.52. The molecule has 4 atom stereocenters. The van der Waals surface area contributed by atoms with Crippen molar-refractivity contribution in [2.24, 2.45) is 17.8 Å². The SMILES string of the molecule is CC/C(=C\c1cc(I)c(O)c(OC)c1)CC[C@H]1OB(O)C[C@H]2C1=C(CO[Si](c1ccccc1)(c1ccccc1)C(C)(C)C)C[C@H]1C(=O)N(C3CCN(Cc4ccccc4)CC3)C(=O)[C@H]12. The van der Waals surface area contributed by atoms with Crippen molar-refractivity contribution in [2.45, 2.75) is 96.3 Å². The Hall–Kier alpha value is -4.05. The molecule has 3 heterocycles. The maximum Gasteiger partial charge on any atom is 0.455 e. The highest BCUT2D eigenvalue weighted by Gasteiger charge is 2.59. The highest BCUT2D eigenvalue weighted by atomic mass is 127. The third kappa shape index (κ3) is 9.33. The van der Waals surface area contributed by atoms with Gasteiger partial charge >= 0.3 is 7.12 Å². The zero-order valence-corrected chi connectivity index (χ0v) is 41.0. The Kier molecular flexibility index (Phi) is 14.4. The van der Waals surface area contributed by atoms with Gasteiger partial charge in [0.15, 0.2) is 11.5 Å². The Balaban J connectivity index is 1.14. The fourth-order valence-electron chi connectivity index (χ4n) is 11.2. The predicted octanol–water partition coefficient (Wildman–Crippen LogP) is 8.62. The smallest absolute Gasteiger partial charge is 0.455 e. The second-order valence-electron chi connectivity index (χ2n) is 19.1. The van der Waals surface area contributed by atoms with E-state index in [9.17, 15) is 19.7 Å². The summed E-state index contributed by atoms with van der Waals surface area (Å²) < 4.78 is 20.3. The fraction of sp³-hybridized carbons (Fsp3) is 0.423. The quantitative estimate of drug-likeness (QED) is 0.0560. The minimum atomic E-state index is -3.00. The number of imide groups is 1. The highest BCUT2D eigenvalue weighted by molar-refractivity contribution is 14.1. The number of phenols is 1. The average Bonchev–Trinajstić information content (AvgIpc) is 3.55. The van der Waals surface area contributed by atoms with Gasteiger partial charge in [0.1, 0.15) is 0 Å². The number of phenolic OH excluding ortho intramolecular Hbond substituents is 1. The molecule has 4 aliphatic rings. The number of ether oxygens (including phenoxy) is 1. The molecule has 3 aliphatic heterocycles. The van der Waals surface area contributed by atoms with Crippen LogP contribution in [0.15, 0.2) is 120 Å². The van der Waals surface area contributed by atoms with Crippen LogP contribution in [0.1, 0.15) is 77.3 Å². The number of benzene rings is 4. The first-order valence-electron chi connectivity index (χ1n) is 23.0. The van der Waals surface area contributed by atoms with Crippen LogP contribution < -0.4 is 15.1 Å². The predicted molar refractivity (Wildman–Crippen MR) is 265 cm³/mol. The molecule has 1 aliphatic carbocycles. The molecule has 0 aromatic heterocycles. The van der Waals surface area contributed by atoms with Crippen LogP contribution in [0.25, 0.3) is 6.08 Å². The normalized spacial score (nSPS) is 22.5. The molecular formula is C52H62BIN2O7Si. The molecule has 3 fully saturated rings. The summed E-state index contributed by atoms with van der Waals surface area (Å²) in [6.45, 7) is 11.7. The molecule has 336 valence electrons. The van der Waals surface area contributed by atoms with Gasteiger partial charge in [-0.3, -0.25) is 19.4 Å². The lowest BCUT2D eigenvalue weighted by atomic mass is 9.58. The Bertz CT molecular complexity index is 2310. The van der Waals surface area contributed by atoms with Crippen LogP contribution in [0.3, 0.4) is 0 Å². The summed E-state index contributed by atoms with van der Waals surface area (Å²) in [5.74, 6) is -1.07. The van der Waals surface area contributed by atoms with Crippen LogP contribution in [0.4, 0.5) is 0 Å². The van der Waals surface area contributed by atoms with Gasteiger partial charge in [0.2, 0.25) is 11.8 Å². The second-order valence-corrected chi connectivity index (χ2v) is 24.5. The van der Waals surface area contributed by atoms with Crippen molar-refractivity contribution < 1.29 is 33.5 Å². The van der Waals surface area contributed by atoms with E-state index in [1.165, 1.54) is 21.5 Å². The van der Waals surface area contributed by atoms with E-state index < -0.39 is 33.4 Å². The van der Waals surface area contributed by atoms with E-state index in [1.807, 2.05) is 30.3 Å². The van der Waals surface area contributed by atoms with Gasteiger partial charge in [-0.1, -0.05) is 130 Å². The van der Waals surface area contributed by atoms with Crippen LogP contribution >= 0.6 is 22.6 Å². The van der Waals surface area contributed by atoms with Crippen molar-refractivity contribution in [1.29, 1.82) is 0 Å². The number of fused-ring (bicyclic) bond motifs is 3. The van der Waals surface area contributed by atoms with E-state index in [-0.39, 0.29) is 40.9 Å². The van der Waals surface area contributed by atoms with Crippen LogP contribution in [-0.2, 0) is 25.2 Å². The number of hydrogen-bond acceptors (Lipinski definition) is 8. The molecule has 9 nitrogen and oxygen atoms in total. The first-order valence-corrected chi connectivity index (χ1v) is 26.0. The number of hydrogen-bond donors (Lipinski definition) is 2. The van der Waals surface area contributed by atoms with E-state index >= 15 is 0 Å².